The minimum Gasteiger partial charge on any atom is -0.496 e. The molecule has 0 saturated carbocycles. The van der Waals surface area contributed by atoms with Gasteiger partial charge in [0.1, 0.15) is 17.6 Å². The average Bonchev–Trinajstić information content (AvgIpc) is 3.57. The molecular weight excluding hydrogens is 422 g/mol. The average molecular weight is 447 g/mol. The molecule has 2 aromatic carbocycles. The van der Waals surface area contributed by atoms with E-state index in [0.717, 1.165) is 11.3 Å². The fourth-order valence-electron chi connectivity index (χ4n) is 4.86. The molecule has 170 valence electrons. The lowest BCUT2D eigenvalue weighted by atomic mass is 9.85. The summed E-state index contributed by atoms with van der Waals surface area (Å²) in [6, 6.07) is 17.4. The number of rotatable bonds is 6. The number of anilines is 1. The van der Waals surface area contributed by atoms with Crippen LogP contribution in [0.5, 0.6) is 5.75 Å². The number of carbonyl (C=O) groups excluding carboxylic acids is 2. The van der Waals surface area contributed by atoms with Crippen LogP contribution in [0, 0.1) is 5.92 Å². The molecule has 8 nitrogen and oxygen atoms in total. The van der Waals surface area contributed by atoms with Gasteiger partial charge in [-0.15, -0.1) is 0 Å². The van der Waals surface area contributed by atoms with Gasteiger partial charge >= 0.3 is 5.97 Å². The maximum absolute atomic E-state index is 13.7. The molecule has 2 saturated heterocycles. The topological polar surface area (TPSA) is 93.0 Å². The van der Waals surface area contributed by atoms with Crippen LogP contribution in [0.3, 0.4) is 0 Å². The van der Waals surface area contributed by atoms with E-state index in [0.29, 0.717) is 23.6 Å². The number of hydrogen-bond donors (Lipinski definition) is 2. The molecule has 0 radical (unpaired) electrons. The summed E-state index contributed by atoms with van der Waals surface area (Å²) in [5.74, 6) is 0.834. The standard InChI is InChI=1S/C25H25N3O5/c1-3-32-25(30)15-10-12-16(13-11-15)28-23(17-7-4-5-8-18(17)31-2)20-21(19-9-6-14-33-19)26-27-22(20)24(28)29/h4-14,20-23,26-27H,3H2,1-2H3. The molecular formula is C25H25N3O5. The molecule has 4 atom stereocenters. The number of hydrogen-bond acceptors (Lipinski definition) is 7. The Hall–Kier alpha value is -3.62. The third kappa shape index (κ3) is 3.57. The van der Waals surface area contributed by atoms with Gasteiger partial charge in [0.2, 0.25) is 5.91 Å². The van der Waals surface area contributed by atoms with E-state index in [1.165, 1.54) is 0 Å². The number of carbonyl (C=O) groups is 2. The minimum atomic E-state index is -0.459. The third-order valence-corrected chi connectivity index (χ3v) is 6.27. The number of para-hydroxylation sites is 1. The molecule has 8 heteroatoms. The number of hydrazine groups is 1. The van der Waals surface area contributed by atoms with E-state index in [4.69, 9.17) is 13.9 Å². The zero-order valence-electron chi connectivity index (χ0n) is 18.4. The molecule has 2 aliphatic rings. The predicted octanol–water partition coefficient (Wildman–Crippen LogP) is 3.39. The van der Waals surface area contributed by atoms with E-state index >= 15 is 0 Å². The van der Waals surface area contributed by atoms with Gasteiger partial charge in [-0.05, 0) is 49.4 Å². The predicted molar refractivity (Wildman–Crippen MR) is 121 cm³/mol. The van der Waals surface area contributed by atoms with Gasteiger partial charge in [-0.1, -0.05) is 18.2 Å². The normalized spacial score (nSPS) is 24.1. The van der Waals surface area contributed by atoms with E-state index < -0.39 is 12.0 Å². The number of nitrogens with zero attached hydrogens (tertiary/aromatic N) is 1. The van der Waals surface area contributed by atoms with Crippen molar-refractivity contribution >= 4 is 17.6 Å². The van der Waals surface area contributed by atoms with E-state index in [1.54, 1.807) is 49.5 Å². The van der Waals surface area contributed by atoms with E-state index in [1.807, 2.05) is 36.4 Å². The summed E-state index contributed by atoms with van der Waals surface area (Å²) in [5.41, 5.74) is 8.45. The Morgan fingerprint density at radius 3 is 2.48 bits per heavy atom. The second-order valence-electron chi connectivity index (χ2n) is 8.00. The summed E-state index contributed by atoms with van der Waals surface area (Å²) >= 11 is 0. The molecule has 0 bridgehead atoms. The molecule has 0 aliphatic carbocycles. The first-order chi connectivity index (χ1) is 16.1. The minimum absolute atomic E-state index is 0.0682. The van der Waals surface area contributed by atoms with Crippen molar-refractivity contribution < 1.29 is 23.5 Å². The van der Waals surface area contributed by atoms with Crippen LogP contribution >= 0.6 is 0 Å². The van der Waals surface area contributed by atoms with Crippen molar-refractivity contribution in [3.8, 4) is 5.75 Å². The van der Waals surface area contributed by atoms with E-state index in [2.05, 4.69) is 10.9 Å². The van der Waals surface area contributed by atoms with Crippen molar-refractivity contribution in [2.24, 2.45) is 5.92 Å². The first kappa shape index (κ1) is 21.2. The highest BCUT2D eigenvalue weighted by Gasteiger charge is 2.57. The summed E-state index contributed by atoms with van der Waals surface area (Å²) < 4.78 is 16.4. The van der Waals surface area contributed by atoms with Gasteiger partial charge in [0.15, 0.2) is 0 Å². The van der Waals surface area contributed by atoms with Crippen LogP contribution in [0.1, 0.15) is 40.7 Å². The zero-order chi connectivity index (χ0) is 22.9. The Bertz CT molecular complexity index is 1150. The van der Waals surface area contributed by atoms with Crippen molar-refractivity contribution in [2.45, 2.75) is 25.0 Å². The monoisotopic (exact) mass is 447 g/mol. The molecule has 4 unspecified atom stereocenters. The molecule has 3 aromatic rings. The molecule has 2 N–H and O–H groups in total. The number of amides is 1. The van der Waals surface area contributed by atoms with Crippen molar-refractivity contribution in [2.75, 3.05) is 18.6 Å². The van der Waals surface area contributed by atoms with Crippen LogP contribution in [0.4, 0.5) is 5.69 Å². The third-order valence-electron chi connectivity index (χ3n) is 6.27. The van der Waals surface area contributed by atoms with Crippen molar-refractivity contribution in [1.29, 1.82) is 0 Å². The molecule has 0 spiro atoms. The smallest absolute Gasteiger partial charge is 0.338 e. The lowest BCUT2D eigenvalue weighted by molar-refractivity contribution is -0.119. The quantitative estimate of drug-likeness (QED) is 0.560. The van der Waals surface area contributed by atoms with E-state index in [-0.39, 0.29) is 23.9 Å². The van der Waals surface area contributed by atoms with Crippen molar-refractivity contribution in [3.05, 3.63) is 83.8 Å². The van der Waals surface area contributed by atoms with Gasteiger partial charge in [0, 0.05) is 17.2 Å². The Labute approximate surface area is 191 Å². The molecule has 3 heterocycles. The Balaban J connectivity index is 1.59. The maximum atomic E-state index is 13.7. The Morgan fingerprint density at radius 1 is 1.03 bits per heavy atom. The van der Waals surface area contributed by atoms with Gasteiger partial charge < -0.3 is 18.8 Å². The fraction of sp³-hybridized carbons (Fsp3) is 0.280. The van der Waals surface area contributed by atoms with Crippen LogP contribution in [-0.4, -0.2) is 31.6 Å². The van der Waals surface area contributed by atoms with Crippen molar-refractivity contribution in [1.82, 2.24) is 10.9 Å². The van der Waals surface area contributed by atoms with Gasteiger partial charge in [-0.2, -0.15) is 0 Å². The lowest BCUT2D eigenvalue weighted by Crippen LogP contribution is -2.41. The van der Waals surface area contributed by atoms with E-state index in [9.17, 15) is 9.59 Å². The molecule has 5 rings (SSSR count). The second kappa shape index (κ2) is 8.73. The van der Waals surface area contributed by atoms with Gasteiger partial charge in [-0.3, -0.25) is 4.79 Å². The summed E-state index contributed by atoms with van der Waals surface area (Å²) in [4.78, 5) is 27.5. The summed E-state index contributed by atoms with van der Waals surface area (Å²) in [6.45, 7) is 2.07. The Morgan fingerprint density at radius 2 is 1.79 bits per heavy atom. The largest absolute Gasteiger partial charge is 0.496 e. The molecule has 1 aromatic heterocycles. The van der Waals surface area contributed by atoms with Crippen molar-refractivity contribution in [3.63, 3.8) is 0 Å². The molecule has 2 aliphatic heterocycles. The Kier molecular flexibility index (Phi) is 5.62. The summed E-state index contributed by atoms with van der Waals surface area (Å²) in [5, 5.41) is 0. The van der Waals surface area contributed by atoms with Crippen LogP contribution in [0.2, 0.25) is 0 Å². The van der Waals surface area contributed by atoms with Gasteiger partial charge in [0.05, 0.1) is 37.6 Å². The number of ether oxygens (including phenoxy) is 2. The van der Waals surface area contributed by atoms with Crippen LogP contribution in [0.25, 0.3) is 0 Å². The highest BCUT2D eigenvalue weighted by molar-refractivity contribution is 6.02. The SMILES string of the molecule is CCOC(=O)c1ccc(N2C(=O)C3NNC(c4ccco4)C3C2c2ccccc2OC)cc1. The first-order valence-electron chi connectivity index (χ1n) is 10.9. The number of methoxy groups -OCH3 is 1. The number of nitrogens with one attached hydrogen (secondary N) is 2. The number of esters is 1. The van der Waals surface area contributed by atoms with Crippen LogP contribution in [0.15, 0.2) is 71.3 Å². The number of benzene rings is 2. The van der Waals surface area contributed by atoms with Gasteiger partial charge in [0.25, 0.3) is 0 Å². The lowest BCUT2D eigenvalue weighted by Gasteiger charge is -2.31. The first-order valence-corrected chi connectivity index (χ1v) is 10.9. The molecule has 33 heavy (non-hydrogen) atoms. The second-order valence-corrected chi connectivity index (χ2v) is 8.00. The highest BCUT2D eigenvalue weighted by atomic mass is 16.5. The highest BCUT2D eigenvalue weighted by Crippen LogP contribution is 2.50. The molecule has 2 fully saturated rings. The number of furan rings is 1. The number of fused-ring (bicyclic) bond motifs is 1. The maximum Gasteiger partial charge on any atom is 0.338 e. The fourth-order valence-corrected chi connectivity index (χ4v) is 4.86. The molecule has 1 amide bonds. The van der Waals surface area contributed by atoms with Crippen LogP contribution in [-0.2, 0) is 9.53 Å². The van der Waals surface area contributed by atoms with Gasteiger partial charge in [-0.25, -0.2) is 15.6 Å². The summed E-state index contributed by atoms with van der Waals surface area (Å²) in [6.07, 6.45) is 1.63. The van der Waals surface area contributed by atoms with Crippen LogP contribution < -0.4 is 20.5 Å². The zero-order valence-corrected chi connectivity index (χ0v) is 18.4. The summed E-state index contributed by atoms with van der Waals surface area (Å²) in [7, 11) is 1.63.